The Kier molecular flexibility index (Phi) is 8.38. The van der Waals surface area contributed by atoms with Crippen LogP contribution in [0.1, 0.15) is 48.9 Å². The van der Waals surface area contributed by atoms with Crippen LogP contribution in [0.5, 0.6) is 0 Å². The van der Waals surface area contributed by atoms with Crippen molar-refractivity contribution in [3.8, 4) is 10.6 Å². The summed E-state index contributed by atoms with van der Waals surface area (Å²) in [5, 5.41) is 38.4. The van der Waals surface area contributed by atoms with E-state index < -0.39 is 18.2 Å². The normalized spacial score (nSPS) is 23.8. The Morgan fingerprint density at radius 1 is 1.11 bits per heavy atom. The number of pyridine rings is 1. The lowest BCUT2D eigenvalue weighted by molar-refractivity contribution is 0.00446. The highest BCUT2D eigenvalue weighted by atomic mass is 32.1. The number of rotatable bonds is 10. The fraction of sp³-hybridized carbons (Fsp3) is 0.640. The molecule has 2 aromatic rings. The Morgan fingerprint density at radius 2 is 1.91 bits per heavy atom. The molecule has 35 heavy (non-hydrogen) atoms. The lowest BCUT2D eigenvalue weighted by atomic mass is 10.0. The molecule has 1 aliphatic carbocycles. The fourth-order valence-corrected chi connectivity index (χ4v) is 6.21. The molecule has 4 unspecified atom stereocenters. The highest BCUT2D eigenvalue weighted by Crippen LogP contribution is 2.41. The number of aliphatic imine (C=N–C) groups is 1. The molecule has 4 rings (SSSR count). The average molecular weight is 504 g/mol. The summed E-state index contributed by atoms with van der Waals surface area (Å²) >= 11 is 1.67. The summed E-state index contributed by atoms with van der Waals surface area (Å²) in [6.07, 6.45) is 0.143. The monoisotopic (exact) mass is 503 g/mol. The minimum Gasteiger partial charge on any atom is -0.396 e. The molecule has 2 aliphatic rings. The zero-order valence-corrected chi connectivity index (χ0v) is 21.8. The average Bonchev–Trinajstić information content (AvgIpc) is 3.39. The van der Waals surface area contributed by atoms with Crippen LogP contribution in [-0.4, -0.2) is 82.2 Å². The molecule has 9 nitrogen and oxygen atoms in total. The van der Waals surface area contributed by atoms with Crippen molar-refractivity contribution in [3.05, 3.63) is 21.7 Å². The van der Waals surface area contributed by atoms with Crippen molar-refractivity contribution in [1.29, 1.82) is 0 Å². The van der Waals surface area contributed by atoms with Crippen LogP contribution in [0.25, 0.3) is 10.6 Å². The Balaban J connectivity index is 1.77. The van der Waals surface area contributed by atoms with Gasteiger partial charge in [0.2, 0.25) is 0 Å². The van der Waals surface area contributed by atoms with Crippen LogP contribution in [0.2, 0.25) is 0 Å². The van der Waals surface area contributed by atoms with Gasteiger partial charge in [-0.2, -0.15) is 0 Å². The van der Waals surface area contributed by atoms with Crippen LogP contribution in [-0.2, 0) is 17.6 Å². The van der Waals surface area contributed by atoms with Crippen molar-refractivity contribution in [2.24, 2.45) is 10.9 Å². The first kappa shape index (κ1) is 26.0. The van der Waals surface area contributed by atoms with Gasteiger partial charge in [0.25, 0.3) is 0 Å². The minimum atomic E-state index is -0.999. The number of nitrogens with one attached hydrogen (secondary N) is 2. The number of nitrogens with zero attached hydrogens (tertiary/aromatic N) is 3. The number of aromatic nitrogens is 2. The molecular formula is C25H37N5O4S. The molecule has 0 radical (unpaired) electrons. The quantitative estimate of drug-likeness (QED) is 0.312. The predicted octanol–water partition coefficient (Wildman–Crippen LogP) is 2.40. The number of fused-ring (bicyclic) bond motifs is 1. The van der Waals surface area contributed by atoms with Gasteiger partial charge in [0.15, 0.2) is 0 Å². The Bertz CT molecular complexity index is 1070. The highest BCUT2D eigenvalue weighted by molar-refractivity contribution is 7.15. The van der Waals surface area contributed by atoms with E-state index in [1.165, 1.54) is 4.88 Å². The van der Waals surface area contributed by atoms with Crippen molar-refractivity contribution < 1.29 is 20.1 Å². The van der Waals surface area contributed by atoms with Gasteiger partial charge >= 0.3 is 0 Å². The second-order valence-corrected chi connectivity index (χ2v) is 10.3. The first-order chi connectivity index (χ1) is 16.9. The Hall–Kier alpha value is -2.11. The molecular weight excluding hydrogens is 466 g/mol. The third kappa shape index (κ3) is 5.22. The van der Waals surface area contributed by atoms with E-state index in [4.69, 9.17) is 14.7 Å². The third-order valence-corrected chi connectivity index (χ3v) is 8.10. The van der Waals surface area contributed by atoms with Crippen LogP contribution in [0.15, 0.2) is 4.99 Å². The zero-order valence-electron chi connectivity index (χ0n) is 21.0. The fourth-order valence-electron chi connectivity index (χ4n) is 5.01. The summed E-state index contributed by atoms with van der Waals surface area (Å²) in [5.74, 6) is 1.02. The molecule has 1 fully saturated rings. The first-order valence-corrected chi connectivity index (χ1v) is 13.3. The summed E-state index contributed by atoms with van der Waals surface area (Å²) < 4.78 is 5.49. The second-order valence-electron chi connectivity index (χ2n) is 9.18. The van der Waals surface area contributed by atoms with Crippen molar-refractivity contribution in [2.45, 2.75) is 65.2 Å². The predicted molar refractivity (Wildman–Crippen MR) is 140 cm³/mol. The van der Waals surface area contributed by atoms with Crippen molar-refractivity contribution in [2.75, 3.05) is 43.5 Å². The third-order valence-electron chi connectivity index (χ3n) is 6.97. The van der Waals surface area contributed by atoms with Crippen LogP contribution < -0.4 is 10.6 Å². The second kappa shape index (κ2) is 11.3. The number of hydrogen-bond donors (Lipinski definition) is 5. The van der Waals surface area contributed by atoms with Gasteiger partial charge in [-0.15, -0.1) is 11.3 Å². The van der Waals surface area contributed by atoms with E-state index in [0.717, 1.165) is 58.3 Å². The summed E-state index contributed by atoms with van der Waals surface area (Å²) in [6.45, 7) is 10.6. The van der Waals surface area contributed by atoms with Gasteiger partial charge in [-0.05, 0) is 44.7 Å². The van der Waals surface area contributed by atoms with E-state index in [1.807, 2.05) is 13.8 Å². The molecule has 10 heteroatoms. The van der Waals surface area contributed by atoms with Crippen LogP contribution in [0.4, 0.5) is 11.6 Å². The van der Waals surface area contributed by atoms with Gasteiger partial charge in [-0.1, -0.05) is 6.92 Å². The van der Waals surface area contributed by atoms with Crippen molar-refractivity contribution >= 4 is 28.7 Å². The molecule has 5 N–H and O–H groups in total. The van der Waals surface area contributed by atoms with E-state index in [0.29, 0.717) is 32.0 Å². The molecule has 0 amide bonds. The lowest BCUT2D eigenvalue weighted by Crippen LogP contribution is -2.35. The molecule has 0 aromatic carbocycles. The first-order valence-electron chi connectivity index (χ1n) is 12.5. The lowest BCUT2D eigenvalue weighted by Gasteiger charge is -2.23. The molecule has 192 valence electrons. The number of aliphatic hydroxyl groups excluding tert-OH is 3. The number of ether oxygens (including phenoxy) is 1. The minimum absolute atomic E-state index is 0.174. The van der Waals surface area contributed by atoms with Crippen molar-refractivity contribution in [3.63, 3.8) is 0 Å². The molecule has 1 saturated carbocycles. The number of anilines is 2. The summed E-state index contributed by atoms with van der Waals surface area (Å²) in [6, 6.07) is -0.436. The number of thiazole rings is 1. The van der Waals surface area contributed by atoms with E-state index in [9.17, 15) is 15.3 Å². The summed E-state index contributed by atoms with van der Waals surface area (Å²) in [4.78, 5) is 15.7. The maximum Gasteiger partial charge on any atom is 0.139 e. The standard InChI is InChI=1S/C25H37N5O4S/c1-5-16-13(3)19(25-29-20-14(4)26-8-7-18(20)35-25)24(30-23(16)27-9-10-34-6-2)28-17-11-15(12-31)21(32)22(17)33/h15,17,21-22,31-33H,5-12H2,1-4H3,(H2,27,28,30). The summed E-state index contributed by atoms with van der Waals surface area (Å²) in [7, 11) is 0. The van der Waals surface area contributed by atoms with E-state index in [2.05, 4.69) is 29.5 Å². The molecule has 4 atom stereocenters. The molecule has 0 bridgehead atoms. The topological polar surface area (TPSA) is 132 Å². The van der Waals surface area contributed by atoms with Crippen LogP contribution in [0, 0.1) is 12.8 Å². The SMILES string of the molecule is CCOCCNc1nc(NC2CC(CO)C(O)C2O)c(-c2nc3c(s2)CCN=C3C)c(C)c1CC. The van der Waals surface area contributed by atoms with Gasteiger partial charge in [0.05, 0.1) is 35.7 Å². The maximum absolute atomic E-state index is 10.7. The molecule has 2 aromatic heterocycles. The van der Waals surface area contributed by atoms with E-state index in [-0.39, 0.29) is 12.5 Å². The number of hydrogen-bond acceptors (Lipinski definition) is 10. The van der Waals surface area contributed by atoms with E-state index in [1.54, 1.807) is 11.3 Å². The smallest absolute Gasteiger partial charge is 0.139 e. The summed E-state index contributed by atoms with van der Waals surface area (Å²) in [5.41, 5.74) is 5.02. The molecule has 1 aliphatic heterocycles. The van der Waals surface area contributed by atoms with Gasteiger partial charge in [0, 0.05) is 43.5 Å². The van der Waals surface area contributed by atoms with Gasteiger partial charge in [-0.3, -0.25) is 4.99 Å². The molecule has 3 heterocycles. The maximum atomic E-state index is 10.7. The molecule has 0 saturated heterocycles. The van der Waals surface area contributed by atoms with E-state index >= 15 is 0 Å². The van der Waals surface area contributed by atoms with Gasteiger partial charge in [-0.25, -0.2) is 9.97 Å². The molecule has 0 spiro atoms. The Labute approximate surface area is 210 Å². The number of aliphatic hydroxyl groups is 3. The zero-order chi connectivity index (χ0) is 25.1. The van der Waals surface area contributed by atoms with Gasteiger partial charge < -0.3 is 30.7 Å². The highest BCUT2D eigenvalue weighted by Gasteiger charge is 2.41. The largest absolute Gasteiger partial charge is 0.396 e. The van der Waals surface area contributed by atoms with Crippen LogP contribution >= 0.6 is 11.3 Å². The van der Waals surface area contributed by atoms with Crippen molar-refractivity contribution in [1.82, 2.24) is 9.97 Å². The Morgan fingerprint density at radius 3 is 2.57 bits per heavy atom. The van der Waals surface area contributed by atoms with Crippen LogP contribution in [0.3, 0.4) is 0 Å². The van der Waals surface area contributed by atoms with Gasteiger partial charge in [0.1, 0.15) is 22.7 Å².